The number of aryl methyl sites for hydroxylation is 1. The van der Waals surface area contributed by atoms with Crippen molar-refractivity contribution in [3.05, 3.63) is 75.3 Å². The Hall–Kier alpha value is -3.66. The van der Waals surface area contributed by atoms with Gasteiger partial charge in [0.1, 0.15) is 0 Å². The molecule has 0 unspecified atom stereocenters. The molecule has 0 heterocycles. The van der Waals surface area contributed by atoms with Gasteiger partial charge in [0.15, 0.2) is 0 Å². The molecule has 0 aliphatic heterocycles. The number of carbonyl (C=O) groups excluding carboxylic acids is 1. The molecule has 0 saturated heterocycles. The molecule has 0 atom stereocenters. The first-order chi connectivity index (χ1) is 12.8. The quantitative estimate of drug-likeness (QED) is 0.479. The Balaban J connectivity index is 2.19. The van der Waals surface area contributed by atoms with Gasteiger partial charge < -0.3 is 10.2 Å². The van der Waals surface area contributed by atoms with Crippen LogP contribution in [0.15, 0.2) is 48.5 Å². The Kier molecular flexibility index (Phi) is 6.28. The average Bonchev–Trinajstić information content (AvgIpc) is 2.63. The van der Waals surface area contributed by atoms with Crippen LogP contribution in [-0.4, -0.2) is 29.3 Å². The lowest BCUT2D eigenvalue weighted by atomic mass is 10.1. The van der Waals surface area contributed by atoms with Crippen LogP contribution < -0.4 is 5.32 Å². The van der Waals surface area contributed by atoms with E-state index in [0.717, 1.165) is 16.8 Å². The van der Waals surface area contributed by atoms with E-state index in [-0.39, 0.29) is 18.1 Å². The molecule has 0 bridgehead atoms. The van der Waals surface area contributed by atoms with Crippen molar-refractivity contribution in [3.8, 4) is 6.07 Å². The van der Waals surface area contributed by atoms with E-state index in [1.54, 1.807) is 24.1 Å². The maximum atomic E-state index is 12.4. The van der Waals surface area contributed by atoms with Crippen molar-refractivity contribution in [1.29, 1.82) is 5.26 Å². The van der Waals surface area contributed by atoms with Crippen LogP contribution in [0.5, 0.6) is 0 Å². The van der Waals surface area contributed by atoms with Crippen molar-refractivity contribution >= 4 is 23.0 Å². The Bertz CT molecular complexity index is 944. The lowest BCUT2D eigenvalue weighted by molar-refractivity contribution is -0.384. The van der Waals surface area contributed by atoms with Crippen molar-refractivity contribution in [3.63, 3.8) is 0 Å². The zero-order chi connectivity index (χ0) is 20.0. The highest BCUT2D eigenvalue weighted by Crippen LogP contribution is 2.23. The summed E-state index contributed by atoms with van der Waals surface area (Å²) in [5.41, 5.74) is 3.63. The predicted octanol–water partition coefficient (Wildman–Crippen LogP) is 3.65. The number of allylic oxidation sites excluding steroid dienone is 1. The summed E-state index contributed by atoms with van der Waals surface area (Å²) in [5, 5.41) is 22.9. The van der Waals surface area contributed by atoms with Crippen LogP contribution in [0.3, 0.4) is 0 Å². The molecule has 7 nitrogen and oxygen atoms in total. The molecule has 2 aromatic carbocycles. The number of carbonyl (C=O) groups is 1. The van der Waals surface area contributed by atoms with Gasteiger partial charge in [0.05, 0.1) is 23.2 Å². The summed E-state index contributed by atoms with van der Waals surface area (Å²) in [6, 6.07) is 13.5. The van der Waals surface area contributed by atoms with Gasteiger partial charge in [0.25, 0.3) is 5.69 Å². The van der Waals surface area contributed by atoms with Gasteiger partial charge in [-0.05, 0) is 31.0 Å². The third-order valence-electron chi connectivity index (χ3n) is 4.22. The van der Waals surface area contributed by atoms with Crippen molar-refractivity contribution in [1.82, 2.24) is 4.90 Å². The fourth-order valence-corrected chi connectivity index (χ4v) is 2.63. The second-order valence-corrected chi connectivity index (χ2v) is 6.12. The van der Waals surface area contributed by atoms with Crippen molar-refractivity contribution in [2.75, 3.05) is 18.9 Å². The first-order valence-corrected chi connectivity index (χ1v) is 8.25. The van der Waals surface area contributed by atoms with Gasteiger partial charge in [-0.2, -0.15) is 5.26 Å². The van der Waals surface area contributed by atoms with E-state index < -0.39 is 4.92 Å². The van der Waals surface area contributed by atoms with Crippen molar-refractivity contribution < 1.29 is 9.72 Å². The van der Waals surface area contributed by atoms with E-state index in [2.05, 4.69) is 5.32 Å². The molecule has 2 aromatic rings. The standard InChI is InChI=1S/C20H20N4O3/c1-14-6-4-9-18(15(14)2)22-20(25)13-23(3)19(10-11-21)16-7-5-8-17(12-16)24(26)27/h4-10,12H,13H2,1-3H3,(H,22,25)/b19-10+. The predicted molar refractivity (Wildman–Crippen MR) is 104 cm³/mol. The van der Waals surface area contributed by atoms with Crippen molar-refractivity contribution in [2.24, 2.45) is 0 Å². The largest absolute Gasteiger partial charge is 0.364 e. The van der Waals surface area contributed by atoms with E-state index in [1.165, 1.54) is 18.2 Å². The molecule has 1 amide bonds. The zero-order valence-corrected chi connectivity index (χ0v) is 15.4. The number of nitrogens with zero attached hydrogens (tertiary/aromatic N) is 3. The number of nitro benzene ring substituents is 1. The van der Waals surface area contributed by atoms with Gasteiger partial charge >= 0.3 is 0 Å². The minimum atomic E-state index is -0.499. The minimum Gasteiger partial charge on any atom is -0.364 e. The van der Waals surface area contributed by atoms with Gasteiger partial charge in [0.2, 0.25) is 5.91 Å². The fraction of sp³-hybridized carbons (Fsp3) is 0.200. The molecule has 0 spiro atoms. The van der Waals surface area contributed by atoms with Gasteiger partial charge in [-0.3, -0.25) is 14.9 Å². The highest BCUT2D eigenvalue weighted by atomic mass is 16.6. The molecule has 0 saturated carbocycles. The summed E-state index contributed by atoms with van der Waals surface area (Å²) >= 11 is 0. The molecular formula is C20H20N4O3. The molecule has 0 fully saturated rings. The number of hydrogen-bond donors (Lipinski definition) is 1. The number of non-ortho nitro benzene ring substituents is 1. The Morgan fingerprint density at radius 3 is 2.67 bits per heavy atom. The topological polar surface area (TPSA) is 99.3 Å². The summed E-state index contributed by atoms with van der Waals surface area (Å²) in [6.07, 6.45) is 1.27. The number of rotatable bonds is 6. The maximum Gasteiger partial charge on any atom is 0.270 e. The number of amides is 1. The zero-order valence-electron chi connectivity index (χ0n) is 15.4. The molecular weight excluding hydrogens is 344 g/mol. The number of nitrogens with one attached hydrogen (secondary N) is 1. The Morgan fingerprint density at radius 1 is 1.30 bits per heavy atom. The monoisotopic (exact) mass is 364 g/mol. The Morgan fingerprint density at radius 2 is 2.00 bits per heavy atom. The van der Waals surface area contributed by atoms with Gasteiger partial charge in [-0.25, -0.2) is 0 Å². The van der Waals surface area contributed by atoms with Crippen LogP contribution in [0.25, 0.3) is 5.70 Å². The number of likely N-dealkylation sites (N-methyl/N-ethyl adjacent to an activating group) is 1. The van der Waals surface area contributed by atoms with Gasteiger partial charge in [-0.1, -0.05) is 24.3 Å². The smallest absolute Gasteiger partial charge is 0.270 e. The van der Waals surface area contributed by atoms with E-state index in [4.69, 9.17) is 5.26 Å². The third kappa shape index (κ3) is 4.92. The van der Waals surface area contributed by atoms with E-state index >= 15 is 0 Å². The number of nitriles is 1. The fourth-order valence-electron chi connectivity index (χ4n) is 2.63. The van der Waals surface area contributed by atoms with Gasteiger partial charge in [-0.15, -0.1) is 0 Å². The van der Waals surface area contributed by atoms with Crippen LogP contribution in [0.4, 0.5) is 11.4 Å². The number of hydrogen-bond acceptors (Lipinski definition) is 5. The minimum absolute atomic E-state index is 0.0103. The first kappa shape index (κ1) is 19.7. The summed E-state index contributed by atoms with van der Waals surface area (Å²) in [5.74, 6) is -0.250. The lowest BCUT2D eigenvalue weighted by Gasteiger charge is -2.22. The summed E-state index contributed by atoms with van der Waals surface area (Å²) in [6.45, 7) is 3.88. The molecule has 27 heavy (non-hydrogen) atoms. The molecule has 7 heteroatoms. The van der Waals surface area contributed by atoms with Crippen LogP contribution in [0.1, 0.15) is 16.7 Å². The van der Waals surface area contributed by atoms with E-state index in [1.807, 2.05) is 38.1 Å². The normalized spacial score (nSPS) is 10.8. The van der Waals surface area contributed by atoms with Crippen LogP contribution in [0, 0.1) is 35.3 Å². The molecule has 2 rings (SSSR count). The van der Waals surface area contributed by atoms with Crippen LogP contribution >= 0.6 is 0 Å². The number of benzene rings is 2. The highest BCUT2D eigenvalue weighted by molar-refractivity contribution is 5.94. The van der Waals surface area contributed by atoms with E-state index in [9.17, 15) is 14.9 Å². The summed E-state index contributed by atoms with van der Waals surface area (Å²) < 4.78 is 0. The highest BCUT2D eigenvalue weighted by Gasteiger charge is 2.15. The van der Waals surface area contributed by atoms with Crippen LogP contribution in [-0.2, 0) is 4.79 Å². The van der Waals surface area contributed by atoms with E-state index in [0.29, 0.717) is 11.3 Å². The van der Waals surface area contributed by atoms with Crippen molar-refractivity contribution in [2.45, 2.75) is 13.8 Å². The average molecular weight is 364 g/mol. The summed E-state index contributed by atoms with van der Waals surface area (Å²) in [4.78, 5) is 24.5. The first-order valence-electron chi connectivity index (χ1n) is 8.25. The Labute approximate surface area is 157 Å². The number of anilines is 1. The summed E-state index contributed by atoms with van der Waals surface area (Å²) in [7, 11) is 1.66. The molecule has 0 aliphatic rings. The molecule has 138 valence electrons. The molecule has 0 aromatic heterocycles. The lowest BCUT2D eigenvalue weighted by Crippen LogP contribution is -2.29. The molecule has 0 aliphatic carbocycles. The van der Waals surface area contributed by atoms with Gasteiger partial charge in [0, 0.05) is 36.5 Å². The molecule has 1 N–H and O–H groups in total. The van der Waals surface area contributed by atoms with Crippen LogP contribution in [0.2, 0.25) is 0 Å². The second kappa shape index (κ2) is 8.63. The second-order valence-electron chi connectivity index (χ2n) is 6.12. The maximum absolute atomic E-state index is 12.4. The third-order valence-corrected chi connectivity index (χ3v) is 4.22. The molecule has 0 radical (unpaired) electrons. The SMILES string of the molecule is Cc1cccc(NC(=O)CN(C)/C(=C/C#N)c2cccc([N+](=O)[O-])c2)c1C. The number of nitro groups is 1.